The molecule has 3 rings (SSSR count). The zero-order valence-electron chi connectivity index (χ0n) is 21.5. The van der Waals surface area contributed by atoms with Crippen molar-refractivity contribution in [3.05, 3.63) is 94.0 Å². The van der Waals surface area contributed by atoms with Crippen LogP contribution in [0, 0.1) is 6.92 Å². The van der Waals surface area contributed by atoms with Crippen LogP contribution in [0.1, 0.15) is 31.4 Å². The van der Waals surface area contributed by atoms with E-state index in [1.165, 1.54) is 29.2 Å². The third-order valence-electron chi connectivity index (χ3n) is 6.13. The summed E-state index contributed by atoms with van der Waals surface area (Å²) in [6.07, 6.45) is 0.737. The lowest BCUT2D eigenvalue weighted by molar-refractivity contribution is -0.139. The second-order valence-corrected chi connectivity index (χ2v) is 11.5. The van der Waals surface area contributed by atoms with Gasteiger partial charge in [0.25, 0.3) is 10.0 Å². The summed E-state index contributed by atoms with van der Waals surface area (Å²) < 4.78 is 28.5. The number of anilines is 1. The zero-order chi connectivity index (χ0) is 27.9. The number of aryl methyl sites for hydroxylation is 1. The van der Waals surface area contributed by atoms with E-state index in [4.69, 9.17) is 23.2 Å². The first kappa shape index (κ1) is 29.5. The molecule has 10 heteroatoms. The van der Waals surface area contributed by atoms with Crippen molar-refractivity contribution in [1.82, 2.24) is 10.2 Å². The van der Waals surface area contributed by atoms with Crippen molar-refractivity contribution >= 4 is 50.7 Å². The van der Waals surface area contributed by atoms with Gasteiger partial charge >= 0.3 is 0 Å². The topological polar surface area (TPSA) is 86.8 Å². The van der Waals surface area contributed by atoms with Crippen LogP contribution in [0.4, 0.5) is 5.69 Å². The van der Waals surface area contributed by atoms with E-state index in [-0.39, 0.29) is 33.1 Å². The van der Waals surface area contributed by atoms with E-state index in [9.17, 15) is 18.0 Å². The highest BCUT2D eigenvalue weighted by atomic mass is 35.5. The molecule has 3 aromatic rings. The standard InChI is InChI=1S/C28H31Cl2N3O4S/c1-4-17-31-28(35)21(3)32(18-22-12-9-8-11-20(22)2)26(34)19-33(25-16-10-15-24(29)27(25)30)38(36,37)23-13-6-5-7-14-23/h5-16,21H,4,17-19H2,1-3H3,(H,31,35)/t21-/m0/s1. The molecule has 1 atom stereocenters. The molecule has 0 aliphatic rings. The number of amides is 2. The van der Waals surface area contributed by atoms with Gasteiger partial charge in [-0.2, -0.15) is 0 Å². The van der Waals surface area contributed by atoms with E-state index in [0.717, 1.165) is 21.9 Å². The quantitative estimate of drug-likeness (QED) is 0.330. The van der Waals surface area contributed by atoms with Gasteiger partial charge in [-0.25, -0.2) is 8.42 Å². The Balaban J connectivity index is 2.06. The minimum absolute atomic E-state index is 0.000615. The number of halogens is 2. The van der Waals surface area contributed by atoms with Crippen molar-refractivity contribution in [2.24, 2.45) is 0 Å². The van der Waals surface area contributed by atoms with E-state index in [0.29, 0.717) is 6.54 Å². The Hall–Kier alpha value is -3.07. The first-order valence-corrected chi connectivity index (χ1v) is 14.4. The van der Waals surface area contributed by atoms with Crippen molar-refractivity contribution in [2.75, 3.05) is 17.4 Å². The zero-order valence-corrected chi connectivity index (χ0v) is 23.9. The summed E-state index contributed by atoms with van der Waals surface area (Å²) in [5.74, 6) is -0.894. The number of hydrogen-bond donors (Lipinski definition) is 1. The van der Waals surface area contributed by atoms with E-state index in [2.05, 4.69) is 5.32 Å². The Labute approximate surface area is 234 Å². The molecule has 0 saturated heterocycles. The molecule has 0 spiro atoms. The van der Waals surface area contributed by atoms with Crippen LogP contribution in [0.3, 0.4) is 0 Å². The van der Waals surface area contributed by atoms with Gasteiger partial charge in [0, 0.05) is 13.1 Å². The van der Waals surface area contributed by atoms with Gasteiger partial charge < -0.3 is 10.2 Å². The first-order valence-electron chi connectivity index (χ1n) is 12.2. The Morgan fingerprint density at radius 3 is 2.26 bits per heavy atom. The van der Waals surface area contributed by atoms with E-state index in [1.54, 1.807) is 31.2 Å². The number of nitrogens with one attached hydrogen (secondary N) is 1. The predicted octanol–water partition coefficient (Wildman–Crippen LogP) is 5.44. The van der Waals surface area contributed by atoms with Gasteiger partial charge in [-0.1, -0.05) is 78.7 Å². The van der Waals surface area contributed by atoms with Crippen molar-refractivity contribution in [1.29, 1.82) is 0 Å². The van der Waals surface area contributed by atoms with Gasteiger partial charge in [-0.3, -0.25) is 13.9 Å². The monoisotopic (exact) mass is 575 g/mol. The summed E-state index contributed by atoms with van der Waals surface area (Å²) in [7, 11) is -4.22. The SMILES string of the molecule is CCCNC(=O)[C@H](C)N(Cc1ccccc1C)C(=O)CN(c1cccc(Cl)c1Cl)S(=O)(=O)c1ccccc1. The molecule has 2 amide bonds. The number of rotatable bonds is 11. The van der Waals surface area contributed by atoms with E-state index in [1.807, 2.05) is 38.1 Å². The molecule has 0 bridgehead atoms. The van der Waals surface area contributed by atoms with Gasteiger partial charge in [0.05, 0.1) is 20.6 Å². The van der Waals surface area contributed by atoms with Crippen molar-refractivity contribution < 1.29 is 18.0 Å². The molecule has 7 nitrogen and oxygen atoms in total. The maximum atomic E-state index is 13.9. The van der Waals surface area contributed by atoms with Gasteiger partial charge in [0.2, 0.25) is 11.8 Å². The van der Waals surface area contributed by atoms with Gasteiger partial charge in [-0.05, 0) is 55.7 Å². The molecule has 3 aromatic carbocycles. The molecule has 1 N–H and O–H groups in total. The summed E-state index contributed by atoms with van der Waals surface area (Å²) >= 11 is 12.7. The minimum Gasteiger partial charge on any atom is -0.354 e. The molecule has 0 saturated carbocycles. The van der Waals surface area contributed by atoms with Crippen LogP contribution in [-0.2, 0) is 26.2 Å². The molecule has 0 aromatic heterocycles. The molecule has 0 fully saturated rings. The molecule has 0 radical (unpaired) electrons. The highest BCUT2D eigenvalue weighted by Crippen LogP contribution is 2.35. The fraction of sp³-hybridized carbons (Fsp3) is 0.286. The van der Waals surface area contributed by atoms with Crippen molar-refractivity contribution in [3.8, 4) is 0 Å². The van der Waals surface area contributed by atoms with Crippen molar-refractivity contribution in [3.63, 3.8) is 0 Å². The number of carbonyl (C=O) groups is 2. The summed E-state index contributed by atoms with van der Waals surface area (Å²) in [6.45, 7) is 5.47. The minimum atomic E-state index is -4.22. The largest absolute Gasteiger partial charge is 0.354 e. The summed E-state index contributed by atoms with van der Waals surface area (Å²) in [5, 5.41) is 2.97. The lowest BCUT2D eigenvalue weighted by Gasteiger charge is -2.32. The van der Waals surface area contributed by atoms with Crippen LogP contribution in [0.2, 0.25) is 10.0 Å². The number of nitrogens with zero attached hydrogens (tertiary/aromatic N) is 2. The Morgan fingerprint density at radius 1 is 0.947 bits per heavy atom. The number of hydrogen-bond acceptors (Lipinski definition) is 4. The number of benzene rings is 3. The van der Waals surface area contributed by atoms with Gasteiger partial charge in [0.1, 0.15) is 12.6 Å². The maximum Gasteiger partial charge on any atom is 0.264 e. The maximum absolute atomic E-state index is 13.9. The normalized spacial score (nSPS) is 12.0. The van der Waals surface area contributed by atoms with Crippen LogP contribution in [0.5, 0.6) is 0 Å². The highest BCUT2D eigenvalue weighted by molar-refractivity contribution is 7.92. The Kier molecular flexibility index (Phi) is 10.2. The number of sulfonamides is 1. The Bertz CT molecular complexity index is 1380. The fourth-order valence-corrected chi connectivity index (χ4v) is 5.76. The number of carbonyl (C=O) groups excluding carboxylic acids is 2. The molecule has 0 heterocycles. The molecular weight excluding hydrogens is 545 g/mol. The van der Waals surface area contributed by atoms with Crippen LogP contribution in [0.25, 0.3) is 0 Å². The average molecular weight is 577 g/mol. The second-order valence-electron chi connectivity index (χ2n) is 8.81. The second kappa shape index (κ2) is 13.1. The third-order valence-corrected chi connectivity index (χ3v) is 8.71. The highest BCUT2D eigenvalue weighted by Gasteiger charge is 2.33. The van der Waals surface area contributed by atoms with E-state index < -0.39 is 28.5 Å². The Morgan fingerprint density at radius 2 is 1.61 bits per heavy atom. The molecule has 0 unspecified atom stereocenters. The summed E-state index contributed by atoms with van der Waals surface area (Å²) in [4.78, 5) is 28.2. The van der Waals surface area contributed by atoms with Crippen LogP contribution in [0.15, 0.2) is 77.7 Å². The molecule has 0 aliphatic heterocycles. The van der Waals surface area contributed by atoms with E-state index >= 15 is 0 Å². The predicted molar refractivity (Wildman–Crippen MR) is 152 cm³/mol. The smallest absolute Gasteiger partial charge is 0.264 e. The van der Waals surface area contributed by atoms with Crippen LogP contribution in [-0.4, -0.2) is 44.3 Å². The lowest BCUT2D eigenvalue weighted by Crippen LogP contribution is -2.51. The van der Waals surface area contributed by atoms with Crippen LogP contribution >= 0.6 is 23.2 Å². The van der Waals surface area contributed by atoms with Crippen molar-refractivity contribution in [2.45, 2.75) is 44.7 Å². The lowest BCUT2D eigenvalue weighted by atomic mass is 10.1. The molecular formula is C28H31Cl2N3O4S. The average Bonchev–Trinajstić information content (AvgIpc) is 2.91. The van der Waals surface area contributed by atoms with Gasteiger partial charge in [0.15, 0.2) is 0 Å². The molecule has 202 valence electrons. The third kappa shape index (κ3) is 6.87. The van der Waals surface area contributed by atoms with Crippen LogP contribution < -0.4 is 9.62 Å². The summed E-state index contributed by atoms with van der Waals surface area (Å²) in [5.41, 5.74) is 1.85. The molecule has 0 aliphatic carbocycles. The molecule has 38 heavy (non-hydrogen) atoms. The van der Waals surface area contributed by atoms with Gasteiger partial charge in [-0.15, -0.1) is 0 Å². The fourth-order valence-electron chi connectivity index (χ4n) is 3.87. The summed E-state index contributed by atoms with van der Waals surface area (Å²) in [6, 6.07) is 19.0. The first-order chi connectivity index (χ1) is 18.1.